The minimum absolute atomic E-state index is 0.298. The molecule has 0 atom stereocenters. The molecule has 0 saturated heterocycles. The van der Waals surface area contributed by atoms with Gasteiger partial charge in [0, 0.05) is 18.5 Å². The van der Waals surface area contributed by atoms with Crippen molar-refractivity contribution >= 4 is 21.6 Å². The van der Waals surface area contributed by atoms with E-state index in [1.165, 1.54) is 6.26 Å². The largest absolute Gasteiger partial charge is 0.334 e. The molecule has 0 aliphatic heterocycles. The van der Waals surface area contributed by atoms with E-state index in [4.69, 9.17) is 0 Å². The highest BCUT2D eigenvalue weighted by Gasteiger charge is 2.11. The Morgan fingerprint density at radius 1 is 1.08 bits per heavy atom. The number of anilines is 1. The van der Waals surface area contributed by atoms with E-state index in [1.807, 2.05) is 24.3 Å². The number of carbonyl (C=O) groups excluding carboxylic acids is 1. The lowest BCUT2D eigenvalue weighted by molar-refractivity contribution is 0.251. The minimum Gasteiger partial charge on any atom is -0.334 e. The van der Waals surface area contributed by atoms with Crippen LogP contribution in [0, 0.1) is 6.92 Å². The van der Waals surface area contributed by atoms with Gasteiger partial charge in [0.05, 0.1) is 4.90 Å². The van der Waals surface area contributed by atoms with Crippen molar-refractivity contribution in [2.24, 2.45) is 0 Å². The molecule has 24 heavy (non-hydrogen) atoms. The first-order valence-electron chi connectivity index (χ1n) is 7.73. The average Bonchev–Trinajstić information content (AvgIpc) is 2.52. The first kappa shape index (κ1) is 18.0. The molecule has 0 aliphatic rings. The summed E-state index contributed by atoms with van der Waals surface area (Å²) in [7, 11) is -3.23. The second-order valence-corrected chi connectivity index (χ2v) is 7.72. The van der Waals surface area contributed by atoms with Crippen molar-refractivity contribution < 1.29 is 13.2 Å². The molecule has 128 valence electrons. The lowest BCUT2D eigenvalue weighted by Crippen LogP contribution is -2.28. The van der Waals surface area contributed by atoms with Gasteiger partial charge < -0.3 is 10.6 Å². The van der Waals surface area contributed by atoms with Gasteiger partial charge in [-0.15, -0.1) is 0 Å². The number of nitrogens with one attached hydrogen (secondary N) is 2. The lowest BCUT2D eigenvalue weighted by atomic mass is 10.1. The van der Waals surface area contributed by atoms with Crippen LogP contribution in [0.5, 0.6) is 0 Å². The topological polar surface area (TPSA) is 75.3 Å². The molecule has 0 aromatic heterocycles. The van der Waals surface area contributed by atoms with Gasteiger partial charge in [-0.2, -0.15) is 0 Å². The van der Waals surface area contributed by atoms with Crippen molar-refractivity contribution in [3.05, 3.63) is 59.2 Å². The molecule has 2 aromatic carbocycles. The molecule has 0 fully saturated rings. The van der Waals surface area contributed by atoms with Gasteiger partial charge in [0.2, 0.25) is 0 Å². The number of amides is 2. The van der Waals surface area contributed by atoms with E-state index in [0.717, 1.165) is 23.2 Å². The van der Waals surface area contributed by atoms with Crippen LogP contribution in [-0.4, -0.2) is 20.7 Å². The zero-order chi connectivity index (χ0) is 17.7. The third-order valence-corrected chi connectivity index (χ3v) is 4.94. The van der Waals surface area contributed by atoms with E-state index in [-0.39, 0.29) is 6.03 Å². The lowest BCUT2D eigenvalue weighted by Gasteiger charge is -2.10. The third kappa shape index (κ3) is 4.83. The molecule has 0 radical (unpaired) electrons. The Morgan fingerprint density at radius 3 is 2.46 bits per heavy atom. The smallest absolute Gasteiger partial charge is 0.319 e. The highest BCUT2D eigenvalue weighted by atomic mass is 32.2. The number of rotatable bonds is 5. The molecule has 2 rings (SSSR count). The van der Waals surface area contributed by atoms with Crippen LogP contribution in [0.4, 0.5) is 10.5 Å². The molecule has 0 unspecified atom stereocenters. The summed E-state index contributed by atoms with van der Waals surface area (Å²) in [6.45, 7) is 4.13. The van der Waals surface area contributed by atoms with E-state index in [0.29, 0.717) is 17.0 Å². The predicted molar refractivity (Wildman–Crippen MR) is 96.0 cm³/mol. The molecule has 0 aliphatic carbocycles. The second kappa shape index (κ2) is 7.49. The molecular formula is C18H22N2O3S. The zero-order valence-corrected chi connectivity index (χ0v) is 14.9. The van der Waals surface area contributed by atoms with Crippen molar-refractivity contribution in [1.29, 1.82) is 0 Å². The molecular weight excluding hydrogens is 324 g/mol. The van der Waals surface area contributed by atoms with Crippen molar-refractivity contribution in [2.45, 2.75) is 31.7 Å². The highest BCUT2D eigenvalue weighted by Crippen LogP contribution is 2.16. The number of hydrogen-bond donors (Lipinski definition) is 2. The fourth-order valence-corrected chi connectivity index (χ4v) is 3.42. The first-order valence-corrected chi connectivity index (χ1v) is 9.62. The van der Waals surface area contributed by atoms with E-state index < -0.39 is 9.84 Å². The standard InChI is InChI=1S/C18H22N2O3S/c1-4-14-6-5-7-16(11-14)20-18(21)19-12-15-8-9-17(13(2)10-15)24(3,22)23/h5-11H,4,12H2,1-3H3,(H2,19,20,21). The Kier molecular flexibility index (Phi) is 5.62. The molecule has 2 aromatic rings. The summed E-state index contributed by atoms with van der Waals surface area (Å²) in [6, 6.07) is 12.4. The zero-order valence-electron chi connectivity index (χ0n) is 14.1. The quantitative estimate of drug-likeness (QED) is 0.872. The van der Waals surface area contributed by atoms with Gasteiger partial charge in [-0.3, -0.25) is 0 Å². The molecule has 0 saturated carbocycles. The molecule has 2 N–H and O–H groups in total. The number of urea groups is 1. The molecule has 0 spiro atoms. The van der Waals surface area contributed by atoms with E-state index in [2.05, 4.69) is 17.6 Å². The summed E-state index contributed by atoms with van der Waals surface area (Å²) in [6.07, 6.45) is 2.09. The summed E-state index contributed by atoms with van der Waals surface area (Å²) < 4.78 is 23.2. The maximum absolute atomic E-state index is 12.0. The van der Waals surface area contributed by atoms with E-state index >= 15 is 0 Å². The van der Waals surface area contributed by atoms with E-state index in [1.54, 1.807) is 25.1 Å². The molecule has 5 nitrogen and oxygen atoms in total. The summed E-state index contributed by atoms with van der Waals surface area (Å²) in [5, 5.41) is 5.56. The van der Waals surface area contributed by atoms with Crippen LogP contribution in [0.1, 0.15) is 23.6 Å². The van der Waals surface area contributed by atoms with Gasteiger partial charge in [0.15, 0.2) is 9.84 Å². The van der Waals surface area contributed by atoms with Crippen molar-refractivity contribution in [1.82, 2.24) is 5.32 Å². The number of aryl methyl sites for hydroxylation is 2. The number of sulfone groups is 1. The highest BCUT2D eigenvalue weighted by molar-refractivity contribution is 7.90. The molecule has 0 bridgehead atoms. The van der Waals surface area contributed by atoms with Gasteiger partial charge in [-0.1, -0.05) is 31.2 Å². The van der Waals surface area contributed by atoms with Gasteiger partial charge in [0.1, 0.15) is 0 Å². The summed E-state index contributed by atoms with van der Waals surface area (Å²) in [4.78, 5) is 12.3. The summed E-state index contributed by atoms with van der Waals surface area (Å²) in [5.74, 6) is 0. The van der Waals surface area contributed by atoms with Gasteiger partial charge in [-0.05, 0) is 48.2 Å². The molecule has 2 amide bonds. The van der Waals surface area contributed by atoms with Crippen LogP contribution in [0.25, 0.3) is 0 Å². The van der Waals surface area contributed by atoms with Crippen LogP contribution in [0.15, 0.2) is 47.4 Å². The Labute approximate surface area is 143 Å². The monoisotopic (exact) mass is 346 g/mol. The van der Waals surface area contributed by atoms with Gasteiger partial charge in [-0.25, -0.2) is 13.2 Å². The normalized spacial score (nSPS) is 11.1. The van der Waals surface area contributed by atoms with Gasteiger partial charge >= 0.3 is 6.03 Å². The first-order chi connectivity index (χ1) is 11.3. The van der Waals surface area contributed by atoms with Gasteiger partial charge in [0.25, 0.3) is 0 Å². The van der Waals surface area contributed by atoms with Crippen LogP contribution >= 0.6 is 0 Å². The summed E-state index contributed by atoms with van der Waals surface area (Å²) in [5.41, 5.74) is 3.42. The van der Waals surface area contributed by atoms with Crippen molar-refractivity contribution in [3.8, 4) is 0 Å². The summed E-state index contributed by atoms with van der Waals surface area (Å²) >= 11 is 0. The van der Waals surface area contributed by atoms with Crippen molar-refractivity contribution in [2.75, 3.05) is 11.6 Å². The molecule has 0 heterocycles. The maximum atomic E-state index is 12.0. The van der Waals surface area contributed by atoms with E-state index in [9.17, 15) is 13.2 Å². The van der Waals surface area contributed by atoms with Crippen molar-refractivity contribution in [3.63, 3.8) is 0 Å². The number of hydrogen-bond acceptors (Lipinski definition) is 3. The predicted octanol–water partition coefficient (Wildman–Crippen LogP) is 3.28. The minimum atomic E-state index is -3.23. The van der Waals surface area contributed by atoms with Crippen LogP contribution < -0.4 is 10.6 Å². The number of carbonyl (C=O) groups is 1. The Balaban J connectivity index is 1.98. The van der Waals surface area contributed by atoms with Crippen LogP contribution in [0.3, 0.4) is 0 Å². The fraction of sp³-hybridized carbons (Fsp3) is 0.278. The third-order valence-electron chi connectivity index (χ3n) is 3.68. The Hall–Kier alpha value is -2.34. The Bertz CT molecular complexity index is 845. The molecule has 6 heteroatoms. The maximum Gasteiger partial charge on any atom is 0.319 e. The second-order valence-electron chi connectivity index (χ2n) is 5.73. The fourth-order valence-electron chi connectivity index (χ4n) is 2.46. The average molecular weight is 346 g/mol. The SMILES string of the molecule is CCc1cccc(NC(=O)NCc2ccc(S(C)(=O)=O)c(C)c2)c1. The van der Waals surface area contributed by atoms with Crippen LogP contribution in [-0.2, 0) is 22.8 Å². The number of benzene rings is 2. The van der Waals surface area contributed by atoms with Crippen LogP contribution in [0.2, 0.25) is 0 Å². The Morgan fingerprint density at radius 2 is 1.83 bits per heavy atom.